The number of carbonyl (C=O) groups excluding carboxylic acids is 3. The van der Waals surface area contributed by atoms with Crippen molar-refractivity contribution in [2.75, 3.05) is 17.3 Å². The number of hydrogen-bond donors (Lipinski definition) is 2. The van der Waals surface area contributed by atoms with E-state index >= 15 is 0 Å². The summed E-state index contributed by atoms with van der Waals surface area (Å²) >= 11 is 0. The standard InChI is InChI=1S/C26H21FN2O5/c1-15(30)28-19-9-11-20(12-10-19)29-23(16-5-13-21(34-2)14-6-16)22(25(32)26(29)33)24(31)17-3-7-18(27)8-4-17/h3-14,23,31H,1-2H3,(H,28,30)/b24-22+. The highest BCUT2D eigenvalue weighted by molar-refractivity contribution is 6.51. The monoisotopic (exact) mass is 460 g/mol. The third-order valence-corrected chi connectivity index (χ3v) is 5.46. The molecule has 7 nitrogen and oxygen atoms in total. The summed E-state index contributed by atoms with van der Waals surface area (Å²) in [7, 11) is 1.52. The van der Waals surface area contributed by atoms with Gasteiger partial charge in [0.25, 0.3) is 11.7 Å². The average Bonchev–Trinajstić information content (AvgIpc) is 3.10. The van der Waals surface area contributed by atoms with Gasteiger partial charge in [0.1, 0.15) is 17.3 Å². The van der Waals surface area contributed by atoms with Crippen LogP contribution in [0, 0.1) is 5.82 Å². The second-order valence-corrected chi connectivity index (χ2v) is 7.68. The number of methoxy groups -OCH3 is 1. The van der Waals surface area contributed by atoms with E-state index in [1.54, 1.807) is 48.5 Å². The first-order valence-corrected chi connectivity index (χ1v) is 10.4. The number of nitrogens with zero attached hydrogens (tertiary/aromatic N) is 1. The lowest BCUT2D eigenvalue weighted by Gasteiger charge is -2.25. The molecular formula is C26H21FN2O5. The summed E-state index contributed by atoms with van der Waals surface area (Å²) in [5.41, 5.74) is 1.58. The van der Waals surface area contributed by atoms with Crippen LogP contribution in [0.5, 0.6) is 5.75 Å². The number of carbonyl (C=O) groups is 3. The van der Waals surface area contributed by atoms with Crippen molar-refractivity contribution < 1.29 is 28.6 Å². The summed E-state index contributed by atoms with van der Waals surface area (Å²) in [6.07, 6.45) is 0. The lowest BCUT2D eigenvalue weighted by Crippen LogP contribution is -2.29. The van der Waals surface area contributed by atoms with Crippen molar-refractivity contribution in [3.8, 4) is 5.75 Å². The fourth-order valence-corrected chi connectivity index (χ4v) is 3.87. The molecule has 0 saturated carbocycles. The molecule has 1 fully saturated rings. The molecule has 0 radical (unpaired) electrons. The van der Waals surface area contributed by atoms with Crippen molar-refractivity contribution in [3.63, 3.8) is 0 Å². The second kappa shape index (κ2) is 9.19. The van der Waals surface area contributed by atoms with Crippen LogP contribution in [0.1, 0.15) is 24.1 Å². The predicted molar refractivity (Wildman–Crippen MR) is 125 cm³/mol. The predicted octanol–water partition coefficient (Wildman–Crippen LogP) is 4.42. The smallest absolute Gasteiger partial charge is 0.300 e. The number of aliphatic hydroxyl groups is 1. The molecule has 0 bridgehead atoms. The molecule has 0 aromatic heterocycles. The number of nitrogens with one attached hydrogen (secondary N) is 1. The van der Waals surface area contributed by atoms with Gasteiger partial charge in [0.05, 0.1) is 18.7 Å². The molecule has 3 aromatic rings. The number of benzene rings is 3. The fourth-order valence-electron chi connectivity index (χ4n) is 3.87. The molecule has 2 amide bonds. The van der Waals surface area contributed by atoms with E-state index in [1.165, 1.54) is 31.1 Å². The Balaban J connectivity index is 1.86. The first kappa shape index (κ1) is 22.7. The molecule has 1 aliphatic heterocycles. The van der Waals surface area contributed by atoms with E-state index in [1.807, 2.05) is 0 Å². The highest BCUT2D eigenvalue weighted by Gasteiger charge is 2.47. The Bertz CT molecular complexity index is 1280. The first-order chi connectivity index (χ1) is 16.3. The number of aliphatic hydroxyl groups excluding tert-OH is 1. The zero-order valence-corrected chi connectivity index (χ0v) is 18.4. The van der Waals surface area contributed by atoms with E-state index in [4.69, 9.17) is 4.74 Å². The number of anilines is 2. The zero-order valence-electron chi connectivity index (χ0n) is 18.4. The minimum Gasteiger partial charge on any atom is -0.507 e. The number of Topliss-reactive ketones (excluding diaryl/α,β-unsaturated/α-hetero) is 1. The maximum atomic E-state index is 13.4. The Morgan fingerprint density at radius 2 is 1.59 bits per heavy atom. The van der Waals surface area contributed by atoms with Gasteiger partial charge in [-0.2, -0.15) is 0 Å². The van der Waals surface area contributed by atoms with Gasteiger partial charge in [0, 0.05) is 23.9 Å². The van der Waals surface area contributed by atoms with Gasteiger partial charge in [-0.25, -0.2) is 4.39 Å². The molecule has 1 atom stereocenters. The maximum absolute atomic E-state index is 13.4. The van der Waals surface area contributed by atoms with Crippen molar-refractivity contribution in [2.24, 2.45) is 0 Å². The van der Waals surface area contributed by atoms with Crippen LogP contribution in [0.15, 0.2) is 78.4 Å². The number of halogens is 1. The van der Waals surface area contributed by atoms with Crippen LogP contribution in [-0.4, -0.2) is 29.8 Å². The quantitative estimate of drug-likeness (QED) is 0.334. The highest BCUT2D eigenvalue weighted by Crippen LogP contribution is 2.42. The summed E-state index contributed by atoms with van der Waals surface area (Å²) in [5, 5.41) is 13.7. The maximum Gasteiger partial charge on any atom is 0.300 e. The van der Waals surface area contributed by atoms with Gasteiger partial charge in [0.2, 0.25) is 5.91 Å². The SMILES string of the molecule is COc1ccc(C2/C(=C(\O)c3ccc(F)cc3)C(=O)C(=O)N2c2ccc(NC(C)=O)cc2)cc1. The second-order valence-electron chi connectivity index (χ2n) is 7.68. The number of hydrogen-bond acceptors (Lipinski definition) is 5. The Labute approximate surface area is 195 Å². The Morgan fingerprint density at radius 1 is 0.971 bits per heavy atom. The van der Waals surface area contributed by atoms with Gasteiger partial charge in [0.15, 0.2) is 0 Å². The highest BCUT2D eigenvalue weighted by atomic mass is 19.1. The van der Waals surface area contributed by atoms with E-state index in [-0.39, 0.29) is 17.0 Å². The number of amides is 2. The summed E-state index contributed by atoms with van der Waals surface area (Å²) < 4.78 is 18.6. The Morgan fingerprint density at radius 3 is 2.15 bits per heavy atom. The number of rotatable bonds is 5. The number of ether oxygens (including phenoxy) is 1. The molecule has 8 heteroatoms. The molecule has 0 spiro atoms. The lowest BCUT2D eigenvalue weighted by atomic mass is 9.95. The van der Waals surface area contributed by atoms with Crippen molar-refractivity contribution in [1.82, 2.24) is 0 Å². The average molecular weight is 460 g/mol. The minimum atomic E-state index is -0.942. The molecular weight excluding hydrogens is 439 g/mol. The summed E-state index contributed by atoms with van der Waals surface area (Å²) in [6, 6.07) is 17.3. The fraction of sp³-hybridized carbons (Fsp3) is 0.115. The third-order valence-electron chi connectivity index (χ3n) is 5.46. The van der Waals surface area contributed by atoms with Crippen LogP contribution in [0.25, 0.3) is 5.76 Å². The van der Waals surface area contributed by atoms with Gasteiger partial charge in [-0.1, -0.05) is 12.1 Å². The minimum absolute atomic E-state index is 0.118. The van der Waals surface area contributed by atoms with Gasteiger partial charge >= 0.3 is 0 Å². The third kappa shape index (κ3) is 4.25. The van der Waals surface area contributed by atoms with Crippen LogP contribution in [0.2, 0.25) is 0 Å². The molecule has 1 unspecified atom stereocenters. The number of ketones is 1. The van der Waals surface area contributed by atoms with Crippen molar-refractivity contribution in [3.05, 3.63) is 95.3 Å². The zero-order chi connectivity index (χ0) is 24.4. The van der Waals surface area contributed by atoms with Crippen LogP contribution in [-0.2, 0) is 14.4 Å². The van der Waals surface area contributed by atoms with E-state index in [0.717, 1.165) is 12.1 Å². The topological polar surface area (TPSA) is 95.9 Å². The van der Waals surface area contributed by atoms with Crippen LogP contribution in [0.4, 0.5) is 15.8 Å². The van der Waals surface area contributed by atoms with E-state index in [9.17, 15) is 23.9 Å². The van der Waals surface area contributed by atoms with Crippen LogP contribution >= 0.6 is 0 Å². The molecule has 34 heavy (non-hydrogen) atoms. The van der Waals surface area contributed by atoms with Crippen LogP contribution < -0.4 is 15.0 Å². The summed E-state index contributed by atoms with van der Waals surface area (Å²) in [4.78, 5) is 38.9. The molecule has 4 rings (SSSR count). The molecule has 172 valence electrons. The van der Waals surface area contributed by atoms with Gasteiger partial charge in [-0.3, -0.25) is 19.3 Å². The molecule has 0 aliphatic carbocycles. The molecule has 1 saturated heterocycles. The van der Waals surface area contributed by atoms with Crippen molar-refractivity contribution >= 4 is 34.7 Å². The summed E-state index contributed by atoms with van der Waals surface area (Å²) in [6.45, 7) is 1.38. The lowest BCUT2D eigenvalue weighted by molar-refractivity contribution is -0.132. The van der Waals surface area contributed by atoms with Gasteiger partial charge < -0.3 is 15.2 Å². The normalized spacial score (nSPS) is 17.0. The largest absolute Gasteiger partial charge is 0.507 e. The van der Waals surface area contributed by atoms with Crippen molar-refractivity contribution in [2.45, 2.75) is 13.0 Å². The Kier molecular flexibility index (Phi) is 6.14. The molecule has 1 aliphatic rings. The molecule has 3 aromatic carbocycles. The van der Waals surface area contributed by atoms with E-state index in [2.05, 4.69) is 5.32 Å². The van der Waals surface area contributed by atoms with Gasteiger partial charge in [-0.15, -0.1) is 0 Å². The Hall–Kier alpha value is -4.46. The van der Waals surface area contributed by atoms with E-state index in [0.29, 0.717) is 22.7 Å². The van der Waals surface area contributed by atoms with Gasteiger partial charge in [-0.05, 0) is 66.2 Å². The first-order valence-electron chi connectivity index (χ1n) is 10.4. The van der Waals surface area contributed by atoms with Crippen molar-refractivity contribution in [1.29, 1.82) is 0 Å². The summed E-state index contributed by atoms with van der Waals surface area (Å²) in [5.74, 6) is -2.26. The van der Waals surface area contributed by atoms with E-state index < -0.39 is 29.3 Å². The van der Waals surface area contributed by atoms with Crippen LogP contribution in [0.3, 0.4) is 0 Å². The molecule has 2 N–H and O–H groups in total. The molecule has 1 heterocycles.